The lowest BCUT2D eigenvalue weighted by Crippen LogP contribution is -2.37. The fourth-order valence-electron chi connectivity index (χ4n) is 4.16. The van der Waals surface area contributed by atoms with Gasteiger partial charge < -0.3 is 4.74 Å². The second kappa shape index (κ2) is 9.77. The third-order valence-corrected chi connectivity index (χ3v) is 5.98. The first-order valence-corrected chi connectivity index (χ1v) is 11.3. The molecule has 0 saturated heterocycles. The number of nitrogens with two attached hydrogens (primary N) is 1. The minimum Gasteiger partial charge on any atom is -0.491 e. The molecule has 3 N–H and O–H groups in total. The number of ether oxygens (including phenoxy) is 1. The zero-order valence-corrected chi connectivity index (χ0v) is 18.8. The molecule has 5 nitrogen and oxygen atoms in total. The van der Waals surface area contributed by atoms with Crippen molar-refractivity contribution in [2.24, 2.45) is 5.84 Å². The van der Waals surface area contributed by atoms with E-state index in [1.165, 1.54) is 0 Å². The quantitative estimate of drug-likeness (QED) is 0.381. The van der Waals surface area contributed by atoms with Crippen molar-refractivity contribution in [2.45, 2.75) is 57.6 Å². The average Bonchev–Trinajstić information content (AvgIpc) is 2.78. The predicted octanol–water partition coefficient (Wildman–Crippen LogP) is 5.73. The van der Waals surface area contributed by atoms with Gasteiger partial charge >= 0.3 is 0 Å². The summed E-state index contributed by atoms with van der Waals surface area (Å²) in [4.78, 5) is 9.80. The summed E-state index contributed by atoms with van der Waals surface area (Å²) in [6, 6.07) is 14.2. The van der Waals surface area contributed by atoms with Crippen LogP contribution in [0.15, 0.2) is 42.5 Å². The molecule has 1 fully saturated rings. The minimum atomic E-state index is 0.120. The van der Waals surface area contributed by atoms with Crippen molar-refractivity contribution in [3.63, 3.8) is 0 Å². The molecule has 0 radical (unpaired) electrons. The van der Waals surface area contributed by atoms with Crippen molar-refractivity contribution in [3.8, 4) is 5.75 Å². The maximum Gasteiger partial charge on any atom is 0.152 e. The van der Waals surface area contributed by atoms with E-state index in [-0.39, 0.29) is 6.10 Å². The number of fused-ring (bicyclic) bond motifs is 1. The Morgan fingerprint density at radius 2 is 1.77 bits per heavy atom. The Kier molecular flexibility index (Phi) is 6.86. The van der Waals surface area contributed by atoms with Crippen LogP contribution < -0.4 is 16.0 Å². The molecule has 0 unspecified atom stereocenters. The molecular formula is C25H29ClN4O. The fraction of sp³-hybridized carbons (Fsp3) is 0.360. The maximum absolute atomic E-state index is 5.99. The maximum atomic E-state index is 5.99. The summed E-state index contributed by atoms with van der Waals surface area (Å²) in [7, 11) is 0. The van der Waals surface area contributed by atoms with E-state index in [2.05, 4.69) is 11.5 Å². The molecule has 6 heteroatoms. The molecule has 162 valence electrons. The monoisotopic (exact) mass is 436 g/mol. The van der Waals surface area contributed by atoms with Gasteiger partial charge in [0.2, 0.25) is 0 Å². The molecule has 1 aliphatic rings. The summed E-state index contributed by atoms with van der Waals surface area (Å²) in [6.45, 7) is 4.07. The lowest BCUT2D eigenvalue weighted by Gasteiger charge is -2.28. The lowest BCUT2D eigenvalue weighted by molar-refractivity contribution is 0.242. The van der Waals surface area contributed by atoms with E-state index in [4.69, 9.17) is 32.1 Å². The van der Waals surface area contributed by atoms with Crippen LogP contribution in [0.25, 0.3) is 23.1 Å². The standard InChI is InChI=1S/C25H29ClN4O/c1-16(2)31-21-12-13-23-22(15-21)25(18-6-10-20(30-27)11-7-18)29-24(28-23)14-5-17-3-8-19(26)9-4-17/h3-5,8-9,12-16,18,20,30H,6-7,10-11,27H2,1-2H3. The van der Waals surface area contributed by atoms with Crippen LogP contribution in [0.3, 0.4) is 0 Å². The van der Waals surface area contributed by atoms with Crippen LogP contribution in [-0.4, -0.2) is 22.1 Å². The van der Waals surface area contributed by atoms with Gasteiger partial charge in [-0.3, -0.25) is 11.3 Å². The van der Waals surface area contributed by atoms with Gasteiger partial charge in [0.15, 0.2) is 5.82 Å². The van der Waals surface area contributed by atoms with E-state index in [0.29, 0.717) is 17.8 Å². The zero-order valence-electron chi connectivity index (χ0n) is 18.0. The van der Waals surface area contributed by atoms with Crippen molar-refractivity contribution < 1.29 is 4.74 Å². The SMILES string of the molecule is CC(C)Oc1ccc2nc(C=Cc3ccc(Cl)cc3)nc(C3CCC(NN)CC3)c2c1. The van der Waals surface area contributed by atoms with E-state index >= 15 is 0 Å². The Hall–Kier alpha value is -2.47. The molecule has 31 heavy (non-hydrogen) atoms. The molecule has 4 rings (SSSR count). The molecule has 0 aliphatic heterocycles. The van der Waals surface area contributed by atoms with Gasteiger partial charge in [-0.25, -0.2) is 9.97 Å². The topological polar surface area (TPSA) is 73.1 Å². The minimum absolute atomic E-state index is 0.120. The highest BCUT2D eigenvalue weighted by Crippen LogP contribution is 2.36. The average molecular weight is 437 g/mol. The van der Waals surface area contributed by atoms with Crippen molar-refractivity contribution in [2.75, 3.05) is 0 Å². The highest BCUT2D eigenvalue weighted by atomic mass is 35.5. The van der Waals surface area contributed by atoms with Gasteiger partial charge in [-0.2, -0.15) is 0 Å². The lowest BCUT2D eigenvalue weighted by atomic mass is 9.83. The molecule has 0 atom stereocenters. The van der Waals surface area contributed by atoms with Crippen molar-refractivity contribution in [1.29, 1.82) is 0 Å². The highest BCUT2D eigenvalue weighted by molar-refractivity contribution is 6.30. The molecule has 3 aromatic rings. The van der Waals surface area contributed by atoms with Gasteiger partial charge in [-0.1, -0.05) is 29.8 Å². The van der Waals surface area contributed by atoms with E-state index < -0.39 is 0 Å². The molecule has 1 saturated carbocycles. The second-order valence-electron chi connectivity index (χ2n) is 8.41. The number of hydrazine groups is 1. The molecule has 1 aliphatic carbocycles. The highest BCUT2D eigenvalue weighted by Gasteiger charge is 2.25. The van der Waals surface area contributed by atoms with Gasteiger partial charge in [0.1, 0.15) is 5.75 Å². The summed E-state index contributed by atoms with van der Waals surface area (Å²) in [6.07, 6.45) is 8.31. The number of hydrogen-bond donors (Lipinski definition) is 2. The zero-order chi connectivity index (χ0) is 21.8. The Morgan fingerprint density at radius 3 is 2.45 bits per heavy atom. The number of benzene rings is 2. The molecule has 2 aromatic carbocycles. The van der Waals surface area contributed by atoms with Crippen molar-refractivity contribution >= 4 is 34.7 Å². The van der Waals surface area contributed by atoms with Crippen molar-refractivity contribution in [1.82, 2.24) is 15.4 Å². The first-order chi connectivity index (χ1) is 15.0. The number of hydrogen-bond acceptors (Lipinski definition) is 5. The van der Waals surface area contributed by atoms with Crippen LogP contribution in [0.4, 0.5) is 0 Å². The first-order valence-electron chi connectivity index (χ1n) is 10.9. The van der Waals surface area contributed by atoms with E-state index in [1.807, 2.05) is 62.4 Å². The second-order valence-corrected chi connectivity index (χ2v) is 8.85. The molecular weight excluding hydrogens is 408 g/mol. The first kappa shape index (κ1) is 21.8. The number of rotatable bonds is 6. The molecule has 0 bridgehead atoms. The summed E-state index contributed by atoms with van der Waals surface area (Å²) in [5.41, 5.74) is 6.03. The fourth-order valence-corrected chi connectivity index (χ4v) is 4.29. The molecule has 1 heterocycles. The van der Waals surface area contributed by atoms with Crippen molar-refractivity contribution in [3.05, 3.63) is 64.6 Å². The largest absolute Gasteiger partial charge is 0.491 e. The third-order valence-electron chi connectivity index (χ3n) is 5.73. The normalized spacial score (nSPS) is 19.4. The Bertz CT molecular complexity index is 1060. The molecule has 0 spiro atoms. The molecule has 0 amide bonds. The molecule has 1 aromatic heterocycles. The van der Waals surface area contributed by atoms with Gasteiger partial charge in [0.05, 0.1) is 17.3 Å². The van der Waals surface area contributed by atoms with Gasteiger partial charge in [0, 0.05) is 22.4 Å². The summed E-state index contributed by atoms with van der Waals surface area (Å²) in [5.74, 6) is 7.62. The van der Waals surface area contributed by atoms with Gasteiger partial charge in [-0.05, 0) is 81.5 Å². The van der Waals surface area contributed by atoms with Crippen LogP contribution in [-0.2, 0) is 0 Å². The van der Waals surface area contributed by atoms with E-state index in [1.54, 1.807) is 0 Å². The van der Waals surface area contributed by atoms with Crippen LogP contribution >= 0.6 is 11.6 Å². The van der Waals surface area contributed by atoms with Crippen LogP contribution in [0, 0.1) is 0 Å². The van der Waals surface area contributed by atoms with Gasteiger partial charge in [-0.15, -0.1) is 0 Å². The number of halogens is 1. The third kappa shape index (κ3) is 5.42. The number of aromatic nitrogens is 2. The Balaban J connectivity index is 1.71. The number of nitrogens with one attached hydrogen (secondary N) is 1. The smallest absolute Gasteiger partial charge is 0.152 e. The summed E-state index contributed by atoms with van der Waals surface area (Å²) in [5, 5.41) is 1.80. The van der Waals surface area contributed by atoms with E-state index in [0.717, 1.165) is 58.6 Å². The van der Waals surface area contributed by atoms with Crippen LogP contribution in [0.2, 0.25) is 5.02 Å². The Morgan fingerprint density at radius 1 is 1.03 bits per heavy atom. The summed E-state index contributed by atoms with van der Waals surface area (Å²) < 4.78 is 5.94. The predicted molar refractivity (Wildman–Crippen MR) is 128 cm³/mol. The summed E-state index contributed by atoms with van der Waals surface area (Å²) >= 11 is 5.99. The van der Waals surface area contributed by atoms with Crippen LogP contribution in [0.5, 0.6) is 5.75 Å². The van der Waals surface area contributed by atoms with Crippen LogP contribution in [0.1, 0.15) is 62.5 Å². The van der Waals surface area contributed by atoms with Gasteiger partial charge in [0.25, 0.3) is 0 Å². The number of nitrogens with zero attached hydrogens (tertiary/aromatic N) is 2. The van der Waals surface area contributed by atoms with E-state index in [9.17, 15) is 0 Å². The Labute approximate surface area is 188 Å².